The molecule has 2 aromatic heterocycles. The van der Waals surface area contributed by atoms with Crippen molar-refractivity contribution in [2.75, 3.05) is 25.1 Å². The predicted molar refractivity (Wildman–Crippen MR) is 103 cm³/mol. The highest BCUT2D eigenvalue weighted by atomic mass is 19.1. The van der Waals surface area contributed by atoms with E-state index in [0.29, 0.717) is 19.0 Å². The molecule has 0 spiro atoms. The highest BCUT2D eigenvalue weighted by Crippen LogP contribution is 2.28. The minimum absolute atomic E-state index is 0.0233. The molecule has 0 radical (unpaired) electrons. The number of benzene rings is 1. The number of ether oxygens (including phenoxy) is 2. The SMILES string of the molecule is CCc1cc(F)ccc1OC1CN(c2nnc(C)n2-c2ccc(OC)nc2)C1. The molecule has 0 saturated carbocycles. The molecule has 1 aliphatic heterocycles. The molecule has 4 rings (SSSR count). The van der Waals surface area contributed by atoms with Crippen molar-refractivity contribution in [2.45, 2.75) is 26.4 Å². The Labute approximate surface area is 162 Å². The summed E-state index contributed by atoms with van der Waals surface area (Å²) in [6, 6.07) is 8.39. The van der Waals surface area contributed by atoms with Gasteiger partial charge in [-0.2, -0.15) is 0 Å². The van der Waals surface area contributed by atoms with Gasteiger partial charge >= 0.3 is 0 Å². The van der Waals surface area contributed by atoms with Crippen LogP contribution in [0.5, 0.6) is 11.6 Å². The first-order valence-electron chi connectivity index (χ1n) is 9.21. The third-order valence-corrected chi connectivity index (χ3v) is 4.82. The van der Waals surface area contributed by atoms with Crippen molar-refractivity contribution < 1.29 is 13.9 Å². The number of rotatable bonds is 6. The van der Waals surface area contributed by atoms with Crippen molar-refractivity contribution in [3.8, 4) is 17.3 Å². The van der Waals surface area contributed by atoms with E-state index >= 15 is 0 Å². The normalized spacial score (nSPS) is 14.1. The lowest BCUT2D eigenvalue weighted by Crippen LogP contribution is -2.55. The molecule has 1 aromatic carbocycles. The molecule has 0 N–H and O–H groups in total. The summed E-state index contributed by atoms with van der Waals surface area (Å²) in [6.45, 7) is 5.26. The quantitative estimate of drug-likeness (QED) is 0.652. The molecule has 28 heavy (non-hydrogen) atoms. The highest BCUT2D eigenvalue weighted by molar-refractivity contribution is 5.46. The third-order valence-electron chi connectivity index (χ3n) is 4.82. The summed E-state index contributed by atoms with van der Waals surface area (Å²) >= 11 is 0. The van der Waals surface area contributed by atoms with Crippen molar-refractivity contribution in [1.82, 2.24) is 19.7 Å². The van der Waals surface area contributed by atoms with Crippen LogP contribution >= 0.6 is 0 Å². The number of methoxy groups -OCH3 is 1. The van der Waals surface area contributed by atoms with Gasteiger partial charge in [0.05, 0.1) is 32.1 Å². The first kappa shape index (κ1) is 18.2. The summed E-state index contributed by atoms with van der Waals surface area (Å²) in [5.41, 5.74) is 1.75. The smallest absolute Gasteiger partial charge is 0.232 e. The molecule has 1 fully saturated rings. The maximum Gasteiger partial charge on any atom is 0.232 e. The van der Waals surface area contributed by atoms with Gasteiger partial charge in [0.2, 0.25) is 11.8 Å². The second-order valence-corrected chi connectivity index (χ2v) is 6.69. The Morgan fingerprint density at radius 1 is 1.18 bits per heavy atom. The summed E-state index contributed by atoms with van der Waals surface area (Å²) in [4.78, 5) is 6.36. The zero-order valence-electron chi connectivity index (χ0n) is 16.1. The van der Waals surface area contributed by atoms with Crippen LogP contribution in [0.2, 0.25) is 0 Å². The van der Waals surface area contributed by atoms with Gasteiger partial charge in [0.15, 0.2) is 0 Å². The molecule has 0 atom stereocenters. The Balaban J connectivity index is 1.48. The minimum atomic E-state index is -0.240. The van der Waals surface area contributed by atoms with Crippen molar-refractivity contribution in [3.05, 3.63) is 53.7 Å². The summed E-state index contributed by atoms with van der Waals surface area (Å²) in [7, 11) is 1.59. The third kappa shape index (κ3) is 3.37. The second kappa shape index (κ2) is 7.46. The topological polar surface area (TPSA) is 65.3 Å². The van der Waals surface area contributed by atoms with E-state index < -0.39 is 0 Å². The van der Waals surface area contributed by atoms with Crippen LogP contribution in [0.3, 0.4) is 0 Å². The maximum atomic E-state index is 13.4. The maximum absolute atomic E-state index is 13.4. The van der Waals surface area contributed by atoms with Gasteiger partial charge in [0.1, 0.15) is 23.5 Å². The second-order valence-electron chi connectivity index (χ2n) is 6.69. The molecular weight excluding hydrogens is 361 g/mol. The number of pyridine rings is 1. The number of aryl methyl sites for hydroxylation is 2. The van der Waals surface area contributed by atoms with Gasteiger partial charge in [-0.25, -0.2) is 9.37 Å². The number of anilines is 1. The molecule has 0 aliphatic carbocycles. The summed E-state index contributed by atoms with van der Waals surface area (Å²) in [5.74, 6) is 2.58. The zero-order chi connectivity index (χ0) is 19.7. The van der Waals surface area contributed by atoms with Crippen LogP contribution in [0.25, 0.3) is 5.69 Å². The molecular formula is C20H22FN5O2. The van der Waals surface area contributed by atoms with Crippen LogP contribution in [0, 0.1) is 12.7 Å². The van der Waals surface area contributed by atoms with Gasteiger partial charge in [-0.1, -0.05) is 6.92 Å². The van der Waals surface area contributed by atoms with E-state index in [-0.39, 0.29) is 11.9 Å². The number of nitrogens with zero attached hydrogens (tertiary/aromatic N) is 5. The van der Waals surface area contributed by atoms with E-state index in [9.17, 15) is 4.39 Å². The lowest BCUT2D eigenvalue weighted by Gasteiger charge is -2.39. The number of aromatic nitrogens is 4. The fraction of sp³-hybridized carbons (Fsp3) is 0.350. The van der Waals surface area contributed by atoms with Gasteiger partial charge in [-0.3, -0.25) is 4.57 Å². The van der Waals surface area contributed by atoms with Crippen molar-refractivity contribution in [1.29, 1.82) is 0 Å². The molecule has 8 heteroatoms. The Hall–Kier alpha value is -3.16. The van der Waals surface area contributed by atoms with Crippen LogP contribution < -0.4 is 14.4 Å². The van der Waals surface area contributed by atoms with E-state index in [1.165, 1.54) is 12.1 Å². The van der Waals surface area contributed by atoms with E-state index in [1.807, 2.05) is 24.5 Å². The van der Waals surface area contributed by atoms with Crippen LogP contribution in [-0.4, -0.2) is 46.1 Å². The average molecular weight is 383 g/mol. The van der Waals surface area contributed by atoms with E-state index in [0.717, 1.165) is 35.2 Å². The largest absolute Gasteiger partial charge is 0.486 e. The Bertz CT molecular complexity index is 967. The monoisotopic (exact) mass is 383 g/mol. The van der Waals surface area contributed by atoms with Gasteiger partial charge in [-0.15, -0.1) is 10.2 Å². The molecule has 7 nitrogen and oxygen atoms in total. The lowest BCUT2D eigenvalue weighted by atomic mass is 10.1. The minimum Gasteiger partial charge on any atom is -0.486 e. The molecule has 1 aliphatic rings. The van der Waals surface area contributed by atoms with Crippen LogP contribution in [-0.2, 0) is 6.42 Å². The van der Waals surface area contributed by atoms with E-state index in [1.54, 1.807) is 25.4 Å². The van der Waals surface area contributed by atoms with Crippen molar-refractivity contribution in [2.24, 2.45) is 0 Å². The van der Waals surface area contributed by atoms with Crippen LogP contribution in [0.15, 0.2) is 36.5 Å². The standard InChI is InChI=1S/C20H22FN5O2/c1-4-14-9-15(21)5-7-18(14)28-17-11-25(12-17)20-24-23-13(2)26(20)16-6-8-19(27-3)22-10-16/h5-10,17H,4,11-12H2,1-3H3. The van der Waals surface area contributed by atoms with E-state index in [2.05, 4.69) is 20.1 Å². The van der Waals surface area contributed by atoms with Gasteiger partial charge in [-0.05, 0) is 43.2 Å². The Morgan fingerprint density at radius 2 is 2.00 bits per heavy atom. The van der Waals surface area contributed by atoms with Crippen molar-refractivity contribution >= 4 is 5.95 Å². The fourth-order valence-electron chi connectivity index (χ4n) is 3.28. The summed E-state index contributed by atoms with van der Waals surface area (Å²) in [6.07, 6.45) is 2.48. The van der Waals surface area contributed by atoms with Crippen LogP contribution in [0.1, 0.15) is 18.3 Å². The molecule has 146 valence electrons. The van der Waals surface area contributed by atoms with Gasteiger partial charge in [0.25, 0.3) is 0 Å². The molecule has 0 amide bonds. The number of halogens is 1. The highest BCUT2D eigenvalue weighted by Gasteiger charge is 2.33. The Morgan fingerprint density at radius 3 is 2.68 bits per heavy atom. The average Bonchev–Trinajstić information content (AvgIpc) is 3.06. The molecule has 3 aromatic rings. The molecule has 1 saturated heterocycles. The number of hydrogen-bond donors (Lipinski definition) is 0. The summed E-state index contributed by atoms with van der Waals surface area (Å²) < 4.78 is 26.6. The van der Waals surface area contributed by atoms with E-state index in [4.69, 9.17) is 9.47 Å². The first-order valence-corrected chi connectivity index (χ1v) is 9.21. The van der Waals surface area contributed by atoms with Crippen LogP contribution in [0.4, 0.5) is 10.3 Å². The first-order chi connectivity index (χ1) is 13.6. The summed E-state index contributed by atoms with van der Waals surface area (Å²) in [5, 5.41) is 8.53. The van der Waals surface area contributed by atoms with Gasteiger partial charge < -0.3 is 14.4 Å². The lowest BCUT2D eigenvalue weighted by molar-refractivity contribution is 0.164. The van der Waals surface area contributed by atoms with Crippen molar-refractivity contribution in [3.63, 3.8) is 0 Å². The Kier molecular flexibility index (Phi) is 4.85. The molecule has 0 unspecified atom stereocenters. The predicted octanol–water partition coefficient (Wildman–Crippen LogP) is 2.95. The van der Waals surface area contributed by atoms with Gasteiger partial charge in [0, 0.05) is 6.07 Å². The molecule has 0 bridgehead atoms. The fourth-order valence-corrected chi connectivity index (χ4v) is 3.28. The zero-order valence-corrected chi connectivity index (χ0v) is 16.1. The molecule has 3 heterocycles. The number of hydrogen-bond acceptors (Lipinski definition) is 6.